The van der Waals surface area contributed by atoms with E-state index in [1.165, 1.54) is 12.1 Å². The van der Waals surface area contributed by atoms with E-state index < -0.39 is 11.7 Å². The predicted octanol–water partition coefficient (Wildman–Crippen LogP) is 5.78. The molecule has 0 saturated heterocycles. The molecule has 0 radical (unpaired) electrons. The van der Waals surface area contributed by atoms with Crippen molar-refractivity contribution in [1.29, 1.82) is 0 Å². The Labute approximate surface area is 107 Å². The van der Waals surface area contributed by atoms with Crippen LogP contribution in [0.3, 0.4) is 0 Å². The van der Waals surface area contributed by atoms with E-state index in [1.807, 2.05) is 0 Å². The molecular weight excluding hydrogens is 237 g/mol. The van der Waals surface area contributed by atoms with Crippen molar-refractivity contribution in [2.24, 2.45) is 0 Å². The van der Waals surface area contributed by atoms with Crippen molar-refractivity contribution < 1.29 is 13.2 Å². The lowest BCUT2D eigenvalue weighted by Crippen LogP contribution is -2.05. The van der Waals surface area contributed by atoms with Gasteiger partial charge in [0.2, 0.25) is 0 Å². The van der Waals surface area contributed by atoms with Gasteiger partial charge in [0.25, 0.3) is 0 Å². The molecule has 1 unspecified atom stereocenters. The minimum Gasteiger partial charge on any atom is -0.166 e. The van der Waals surface area contributed by atoms with Gasteiger partial charge < -0.3 is 0 Å². The molecule has 0 N–H and O–H groups in total. The van der Waals surface area contributed by atoms with Gasteiger partial charge in [0.05, 0.1) is 5.56 Å². The van der Waals surface area contributed by atoms with E-state index in [1.54, 1.807) is 12.1 Å². The quantitative estimate of drug-likeness (QED) is 0.606. The molecule has 3 heteroatoms. The van der Waals surface area contributed by atoms with Gasteiger partial charge in [-0.3, -0.25) is 0 Å². The normalized spacial score (nSPS) is 13.6. The van der Waals surface area contributed by atoms with Gasteiger partial charge in [0, 0.05) is 0 Å². The Bertz CT molecular complexity index is 338. The molecule has 102 valence electrons. The number of hydrogen-bond acceptors (Lipinski definition) is 0. The average Bonchev–Trinajstić information content (AvgIpc) is 2.33. The van der Waals surface area contributed by atoms with Gasteiger partial charge in [-0.15, -0.1) is 0 Å². The van der Waals surface area contributed by atoms with Crippen LogP contribution < -0.4 is 0 Å². The van der Waals surface area contributed by atoms with Crippen molar-refractivity contribution >= 4 is 0 Å². The lowest BCUT2D eigenvalue weighted by Gasteiger charge is -2.17. The van der Waals surface area contributed by atoms with Crippen LogP contribution in [0.15, 0.2) is 24.3 Å². The van der Waals surface area contributed by atoms with Crippen LogP contribution in [0.2, 0.25) is 0 Å². The van der Waals surface area contributed by atoms with Crippen LogP contribution in [0.1, 0.15) is 63.0 Å². The molecule has 0 fully saturated rings. The fourth-order valence-corrected chi connectivity index (χ4v) is 2.22. The van der Waals surface area contributed by atoms with E-state index in [4.69, 9.17) is 0 Å². The van der Waals surface area contributed by atoms with Crippen LogP contribution >= 0.6 is 0 Å². The summed E-state index contributed by atoms with van der Waals surface area (Å²) in [5.74, 6) is 0.400. The highest BCUT2D eigenvalue weighted by molar-refractivity contribution is 5.27. The van der Waals surface area contributed by atoms with Crippen LogP contribution in [-0.2, 0) is 6.18 Å². The summed E-state index contributed by atoms with van der Waals surface area (Å²) in [5, 5.41) is 0. The summed E-state index contributed by atoms with van der Waals surface area (Å²) in [6.07, 6.45) is 1.20. The summed E-state index contributed by atoms with van der Waals surface area (Å²) < 4.78 is 37.4. The second-order valence-corrected chi connectivity index (χ2v) is 4.75. The second kappa shape index (κ2) is 6.81. The first-order chi connectivity index (χ1) is 8.49. The lowest BCUT2D eigenvalue weighted by molar-refractivity contribution is -0.137. The fourth-order valence-electron chi connectivity index (χ4n) is 2.22. The van der Waals surface area contributed by atoms with Gasteiger partial charge in [0.15, 0.2) is 0 Å². The molecule has 0 heterocycles. The van der Waals surface area contributed by atoms with E-state index in [9.17, 15) is 13.2 Å². The summed E-state index contributed by atoms with van der Waals surface area (Å²) in [4.78, 5) is 0. The van der Waals surface area contributed by atoms with Gasteiger partial charge in [-0.1, -0.05) is 45.2 Å². The average molecular weight is 258 g/mol. The van der Waals surface area contributed by atoms with Crippen LogP contribution in [0.4, 0.5) is 13.2 Å². The SMILES string of the molecule is CCCCC(CCC)c1ccc(C(F)(F)F)cc1. The van der Waals surface area contributed by atoms with Crippen LogP contribution in [-0.4, -0.2) is 0 Å². The minimum absolute atomic E-state index is 0.400. The molecule has 1 aromatic rings. The Kier molecular flexibility index (Phi) is 5.70. The maximum absolute atomic E-state index is 12.5. The van der Waals surface area contributed by atoms with Gasteiger partial charge in [0.1, 0.15) is 0 Å². The van der Waals surface area contributed by atoms with Gasteiger partial charge in [-0.25, -0.2) is 0 Å². The number of benzene rings is 1. The Morgan fingerprint density at radius 2 is 1.56 bits per heavy atom. The Hall–Kier alpha value is -0.990. The number of alkyl halides is 3. The Balaban J connectivity index is 2.79. The molecule has 0 aromatic heterocycles. The summed E-state index contributed by atoms with van der Waals surface area (Å²) >= 11 is 0. The topological polar surface area (TPSA) is 0 Å². The first kappa shape index (κ1) is 15.1. The summed E-state index contributed by atoms with van der Waals surface area (Å²) in [5.41, 5.74) is 0.482. The minimum atomic E-state index is -4.23. The van der Waals surface area contributed by atoms with E-state index in [0.717, 1.165) is 37.7 Å². The summed E-state index contributed by atoms with van der Waals surface area (Å²) in [7, 11) is 0. The third-order valence-electron chi connectivity index (χ3n) is 3.25. The van der Waals surface area contributed by atoms with E-state index in [0.29, 0.717) is 5.92 Å². The highest BCUT2D eigenvalue weighted by Crippen LogP contribution is 2.32. The van der Waals surface area contributed by atoms with Crippen LogP contribution in [0, 0.1) is 0 Å². The number of hydrogen-bond donors (Lipinski definition) is 0. The van der Waals surface area contributed by atoms with Crippen LogP contribution in [0.25, 0.3) is 0 Å². The number of rotatable bonds is 6. The van der Waals surface area contributed by atoms with E-state index in [2.05, 4.69) is 13.8 Å². The molecule has 0 amide bonds. The highest BCUT2D eigenvalue weighted by atomic mass is 19.4. The zero-order valence-electron chi connectivity index (χ0n) is 11.1. The van der Waals surface area contributed by atoms with Gasteiger partial charge in [-0.2, -0.15) is 13.2 Å². The number of unbranched alkanes of at least 4 members (excludes halogenated alkanes) is 1. The molecule has 0 saturated carbocycles. The molecule has 1 atom stereocenters. The molecule has 0 nitrogen and oxygen atoms in total. The third kappa shape index (κ3) is 4.35. The summed E-state index contributed by atoms with van der Waals surface area (Å²) in [6.45, 7) is 4.25. The molecular formula is C15H21F3. The molecule has 1 rings (SSSR count). The van der Waals surface area contributed by atoms with E-state index in [-0.39, 0.29) is 0 Å². The zero-order valence-corrected chi connectivity index (χ0v) is 11.1. The molecule has 0 aliphatic heterocycles. The zero-order chi connectivity index (χ0) is 13.6. The van der Waals surface area contributed by atoms with Crippen molar-refractivity contribution in [3.63, 3.8) is 0 Å². The molecule has 0 aliphatic rings. The highest BCUT2D eigenvalue weighted by Gasteiger charge is 2.30. The monoisotopic (exact) mass is 258 g/mol. The predicted molar refractivity (Wildman–Crippen MR) is 68.6 cm³/mol. The molecule has 0 spiro atoms. The lowest BCUT2D eigenvalue weighted by atomic mass is 9.89. The fraction of sp³-hybridized carbons (Fsp3) is 0.600. The summed E-state index contributed by atoms with van der Waals surface area (Å²) in [6, 6.07) is 5.67. The molecule has 0 aliphatic carbocycles. The second-order valence-electron chi connectivity index (χ2n) is 4.75. The Morgan fingerprint density at radius 1 is 0.944 bits per heavy atom. The Morgan fingerprint density at radius 3 is 2.00 bits per heavy atom. The van der Waals surface area contributed by atoms with Gasteiger partial charge in [-0.05, 0) is 36.5 Å². The van der Waals surface area contributed by atoms with E-state index >= 15 is 0 Å². The van der Waals surface area contributed by atoms with Crippen molar-refractivity contribution in [3.05, 3.63) is 35.4 Å². The maximum Gasteiger partial charge on any atom is 0.416 e. The largest absolute Gasteiger partial charge is 0.416 e. The first-order valence-corrected chi connectivity index (χ1v) is 6.66. The first-order valence-electron chi connectivity index (χ1n) is 6.66. The van der Waals surface area contributed by atoms with Crippen LogP contribution in [0.5, 0.6) is 0 Å². The number of halogens is 3. The van der Waals surface area contributed by atoms with Crippen molar-refractivity contribution in [2.75, 3.05) is 0 Å². The smallest absolute Gasteiger partial charge is 0.166 e. The van der Waals surface area contributed by atoms with Crippen molar-refractivity contribution in [3.8, 4) is 0 Å². The standard InChI is InChI=1S/C15H21F3/c1-3-5-7-12(6-4-2)13-8-10-14(11-9-13)15(16,17)18/h8-12H,3-7H2,1-2H3. The van der Waals surface area contributed by atoms with Crippen molar-refractivity contribution in [1.82, 2.24) is 0 Å². The van der Waals surface area contributed by atoms with Gasteiger partial charge >= 0.3 is 6.18 Å². The molecule has 0 bridgehead atoms. The van der Waals surface area contributed by atoms with Crippen molar-refractivity contribution in [2.45, 2.75) is 58.0 Å². The third-order valence-corrected chi connectivity index (χ3v) is 3.25. The maximum atomic E-state index is 12.5. The molecule has 1 aromatic carbocycles. The molecule has 18 heavy (non-hydrogen) atoms.